The summed E-state index contributed by atoms with van der Waals surface area (Å²) in [5.41, 5.74) is 1.50. The molecule has 1 fully saturated rings. The summed E-state index contributed by atoms with van der Waals surface area (Å²) in [6, 6.07) is 4.41. The fourth-order valence-electron chi connectivity index (χ4n) is 3.23. The molecule has 0 spiro atoms. The van der Waals surface area contributed by atoms with Crippen LogP contribution in [0, 0.1) is 6.92 Å². The second-order valence-electron chi connectivity index (χ2n) is 6.75. The minimum absolute atomic E-state index is 0.0107. The third kappa shape index (κ3) is 3.94. The fraction of sp³-hybridized carbons (Fsp3) is 0.278. The Hall–Kier alpha value is -1.87. The van der Waals surface area contributed by atoms with E-state index < -0.39 is 15.8 Å². The summed E-state index contributed by atoms with van der Waals surface area (Å²) in [4.78, 5) is 16.5. The van der Waals surface area contributed by atoms with Gasteiger partial charge in [0.15, 0.2) is 15.5 Å². The molecule has 1 aromatic carbocycles. The van der Waals surface area contributed by atoms with Gasteiger partial charge < -0.3 is 4.74 Å². The lowest BCUT2D eigenvalue weighted by atomic mass is 10.2. The number of rotatable bonds is 3. The Morgan fingerprint density at radius 2 is 2.03 bits per heavy atom. The van der Waals surface area contributed by atoms with Crippen molar-refractivity contribution in [1.82, 2.24) is 9.78 Å². The zero-order valence-electron chi connectivity index (χ0n) is 15.0. The normalized spacial score (nSPS) is 22.2. The van der Waals surface area contributed by atoms with Crippen LogP contribution >= 0.6 is 34.8 Å². The number of nitrogens with zero attached hydrogens (tertiary/aromatic N) is 3. The molecular weight excluding hydrogens is 461 g/mol. The molecule has 1 saturated heterocycles. The summed E-state index contributed by atoms with van der Waals surface area (Å²) in [6.45, 7) is 1.72. The van der Waals surface area contributed by atoms with Crippen LogP contribution in [0.2, 0.25) is 15.2 Å². The highest BCUT2D eigenvalue weighted by atomic mass is 35.5. The predicted molar refractivity (Wildman–Crippen MR) is 111 cm³/mol. The van der Waals surface area contributed by atoms with Gasteiger partial charge in [-0.1, -0.05) is 34.8 Å². The zero-order chi connectivity index (χ0) is 20.9. The molecule has 1 aromatic heterocycles. The van der Waals surface area contributed by atoms with Crippen LogP contribution in [0.1, 0.15) is 29.3 Å². The van der Waals surface area contributed by atoms with Gasteiger partial charge in [-0.05, 0) is 37.6 Å². The molecule has 29 heavy (non-hydrogen) atoms. The molecule has 0 N–H and O–H groups in total. The molecule has 2 aliphatic heterocycles. The van der Waals surface area contributed by atoms with E-state index in [1.807, 2.05) is 0 Å². The van der Waals surface area contributed by atoms with E-state index in [-0.39, 0.29) is 34.3 Å². The van der Waals surface area contributed by atoms with Crippen LogP contribution in [-0.2, 0) is 19.4 Å². The molecule has 0 bridgehead atoms. The van der Waals surface area contributed by atoms with E-state index in [1.54, 1.807) is 19.1 Å². The molecule has 0 aliphatic carbocycles. The van der Waals surface area contributed by atoms with E-state index in [4.69, 9.17) is 39.5 Å². The molecule has 1 unspecified atom stereocenters. The largest absolute Gasteiger partial charge is 0.402 e. The Morgan fingerprint density at radius 1 is 1.28 bits per heavy atom. The topological polar surface area (TPSA) is 90.6 Å². The number of sulfone groups is 1. The van der Waals surface area contributed by atoms with Gasteiger partial charge in [0.1, 0.15) is 5.15 Å². The van der Waals surface area contributed by atoms with E-state index in [1.165, 1.54) is 16.8 Å². The summed E-state index contributed by atoms with van der Waals surface area (Å²) >= 11 is 18.5. The van der Waals surface area contributed by atoms with Crippen molar-refractivity contribution in [2.24, 2.45) is 4.99 Å². The molecule has 4 rings (SSSR count). The third-order valence-corrected chi connectivity index (χ3v) is 7.36. The maximum atomic E-state index is 12.3. The molecule has 0 saturated carbocycles. The van der Waals surface area contributed by atoms with Crippen molar-refractivity contribution >= 4 is 62.6 Å². The third-order valence-electron chi connectivity index (χ3n) is 4.69. The molecule has 3 heterocycles. The molecule has 0 radical (unpaired) electrons. The summed E-state index contributed by atoms with van der Waals surface area (Å²) in [5, 5.41) is 5.36. The minimum atomic E-state index is -3.09. The standard InChI is InChI=1S/C18H14Cl3N3O4S/c1-9-13(16(21)24(23-9)11-4-5-29(26,27)8-11)7-15-18(25)28-17(22-15)12-3-2-10(19)6-14(12)20/h2-3,6-7,11H,4-5,8H2,1H3/b15-7-. The van der Waals surface area contributed by atoms with Crippen molar-refractivity contribution in [3.8, 4) is 0 Å². The number of halogens is 3. The average molecular weight is 475 g/mol. The Balaban J connectivity index is 1.69. The summed E-state index contributed by atoms with van der Waals surface area (Å²) in [7, 11) is -3.09. The smallest absolute Gasteiger partial charge is 0.363 e. The second kappa shape index (κ2) is 7.43. The number of hydrogen-bond donors (Lipinski definition) is 0. The number of hydrogen-bond acceptors (Lipinski definition) is 6. The maximum Gasteiger partial charge on any atom is 0.363 e. The molecule has 7 nitrogen and oxygen atoms in total. The van der Waals surface area contributed by atoms with Crippen LogP contribution in [0.3, 0.4) is 0 Å². The van der Waals surface area contributed by atoms with E-state index in [0.717, 1.165) is 0 Å². The first-order chi connectivity index (χ1) is 13.6. The Kier molecular flexibility index (Phi) is 5.23. The molecule has 2 aromatic rings. The number of carbonyl (C=O) groups is 1. The van der Waals surface area contributed by atoms with Crippen LogP contribution in [0.5, 0.6) is 0 Å². The van der Waals surface area contributed by atoms with Crippen LogP contribution in [0.25, 0.3) is 6.08 Å². The van der Waals surface area contributed by atoms with Gasteiger partial charge in [-0.3, -0.25) is 0 Å². The molecular formula is C18H14Cl3N3O4S. The SMILES string of the molecule is Cc1nn(C2CCS(=O)(=O)C2)c(Cl)c1/C=C1\N=C(c2ccc(Cl)cc2Cl)OC1=O. The molecule has 152 valence electrons. The number of esters is 1. The summed E-state index contributed by atoms with van der Waals surface area (Å²) in [5.74, 6) is -0.502. The molecule has 2 aliphatic rings. The maximum absolute atomic E-state index is 12.3. The lowest BCUT2D eigenvalue weighted by Crippen LogP contribution is -2.12. The van der Waals surface area contributed by atoms with Crippen molar-refractivity contribution in [3.05, 3.63) is 55.9 Å². The van der Waals surface area contributed by atoms with Gasteiger partial charge >= 0.3 is 5.97 Å². The molecule has 11 heteroatoms. The van der Waals surface area contributed by atoms with Gasteiger partial charge in [-0.25, -0.2) is 22.9 Å². The predicted octanol–water partition coefficient (Wildman–Crippen LogP) is 3.86. The number of carbonyl (C=O) groups excluding carboxylic acids is 1. The summed E-state index contributed by atoms with van der Waals surface area (Å²) in [6.07, 6.45) is 1.92. The number of aliphatic imine (C=N–C) groups is 1. The number of aryl methyl sites for hydroxylation is 1. The Bertz CT molecular complexity index is 1200. The van der Waals surface area contributed by atoms with Gasteiger partial charge in [0.05, 0.1) is 33.8 Å². The second-order valence-corrected chi connectivity index (χ2v) is 10.2. The first-order valence-corrected chi connectivity index (χ1v) is 11.5. The molecule has 1 atom stereocenters. The first kappa shape index (κ1) is 20.4. The van der Waals surface area contributed by atoms with Crippen molar-refractivity contribution in [1.29, 1.82) is 0 Å². The number of cyclic esters (lactones) is 1. The zero-order valence-corrected chi connectivity index (χ0v) is 18.1. The van der Waals surface area contributed by atoms with E-state index in [9.17, 15) is 13.2 Å². The average Bonchev–Trinajstić information content (AvgIpc) is 3.26. The van der Waals surface area contributed by atoms with E-state index >= 15 is 0 Å². The van der Waals surface area contributed by atoms with Crippen molar-refractivity contribution in [2.45, 2.75) is 19.4 Å². The van der Waals surface area contributed by atoms with Gasteiger partial charge in [0, 0.05) is 10.6 Å². The number of aromatic nitrogens is 2. The highest BCUT2D eigenvalue weighted by Crippen LogP contribution is 2.32. The van der Waals surface area contributed by atoms with Gasteiger partial charge in [0.2, 0.25) is 5.90 Å². The van der Waals surface area contributed by atoms with Crippen molar-refractivity contribution < 1.29 is 17.9 Å². The van der Waals surface area contributed by atoms with Crippen LogP contribution in [-0.4, -0.2) is 41.6 Å². The van der Waals surface area contributed by atoms with Crippen LogP contribution in [0.15, 0.2) is 28.9 Å². The van der Waals surface area contributed by atoms with Crippen LogP contribution in [0.4, 0.5) is 0 Å². The number of benzene rings is 1. The Morgan fingerprint density at radius 3 is 2.69 bits per heavy atom. The highest BCUT2D eigenvalue weighted by molar-refractivity contribution is 7.91. The fourth-order valence-corrected chi connectivity index (χ4v) is 5.78. The molecule has 0 amide bonds. The first-order valence-electron chi connectivity index (χ1n) is 8.57. The monoisotopic (exact) mass is 473 g/mol. The number of ether oxygens (including phenoxy) is 1. The van der Waals surface area contributed by atoms with Gasteiger partial charge in [-0.2, -0.15) is 5.10 Å². The lowest BCUT2D eigenvalue weighted by Gasteiger charge is -2.09. The van der Waals surface area contributed by atoms with Crippen molar-refractivity contribution in [2.75, 3.05) is 11.5 Å². The van der Waals surface area contributed by atoms with Crippen LogP contribution < -0.4 is 0 Å². The van der Waals surface area contributed by atoms with E-state index in [0.29, 0.717) is 33.3 Å². The Labute approximate surface area is 181 Å². The minimum Gasteiger partial charge on any atom is -0.402 e. The highest BCUT2D eigenvalue weighted by Gasteiger charge is 2.32. The quantitative estimate of drug-likeness (QED) is 0.498. The van der Waals surface area contributed by atoms with Gasteiger partial charge in [-0.15, -0.1) is 0 Å². The van der Waals surface area contributed by atoms with E-state index in [2.05, 4.69) is 10.1 Å². The van der Waals surface area contributed by atoms with Gasteiger partial charge in [0.25, 0.3) is 0 Å². The lowest BCUT2D eigenvalue weighted by molar-refractivity contribution is -0.129. The summed E-state index contributed by atoms with van der Waals surface area (Å²) < 4.78 is 30.3. The van der Waals surface area contributed by atoms with Crippen molar-refractivity contribution in [3.63, 3.8) is 0 Å².